The number of hydrogen-bond donors (Lipinski definition) is 0. The van der Waals surface area contributed by atoms with Crippen LogP contribution in [0, 0.1) is 11.8 Å². The van der Waals surface area contributed by atoms with Gasteiger partial charge < -0.3 is 4.43 Å². The van der Waals surface area contributed by atoms with Gasteiger partial charge in [0.25, 0.3) is 0 Å². The molecule has 4 heteroatoms. The third kappa shape index (κ3) is 4.74. The maximum absolute atomic E-state index is 6.67. The molecule has 0 bridgehead atoms. The molecule has 1 aliphatic carbocycles. The molecular weight excluding hydrogens is 300 g/mol. The van der Waals surface area contributed by atoms with Gasteiger partial charge in [-0.3, -0.25) is 0 Å². The maximum atomic E-state index is 6.67. The summed E-state index contributed by atoms with van der Waals surface area (Å²) in [6.07, 6.45) is 10.4. The van der Waals surface area contributed by atoms with Crippen LogP contribution in [0.5, 0.6) is 0 Å². The fourth-order valence-electron chi connectivity index (χ4n) is 3.27. The van der Waals surface area contributed by atoms with Crippen LogP contribution in [0.3, 0.4) is 0 Å². The molecule has 0 N–H and O–H groups in total. The van der Waals surface area contributed by atoms with Gasteiger partial charge in [-0.1, -0.05) is 26.8 Å². The molecule has 1 fully saturated rings. The van der Waals surface area contributed by atoms with E-state index in [2.05, 4.69) is 56.5 Å². The minimum Gasteiger partial charge on any atom is -0.414 e. The lowest BCUT2D eigenvalue weighted by Crippen LogP contribution is -2.43. The number of nitrogens with zero attached hydrogens (tertiary/aromatic N) is 2. The molecule has 0 aromatic carbocycles. The zero-order valence-corrected chi connectivity index (χ0v) is 16.4. The van der Waals surface area contributed by atoms with Gasteiger partial charge in [-0.05, 0) is 55.3 Å². The second-order valence-electron chi connectivity index (χ2n) is 8.39. The van der Waals surface area contributed by atoms with E-state index < -0.39 is 8.32 Å². The average Bonchev–Trinajstić information content (AvgIpc) is 2.80. The smallest absolute Gasteiger partial charge is 0.192 e. The first-order valence-electron chi connectivity index (χ1n) is 8.77. The van der Waals surface area contributed by atoms with Crippen LogP contribution in [0.1, 0.15) is 45.9 Å². The number of hydrogen-bond acceptors (Lipinski definition) is 3. The Hall–Kier alpha value is -1.00. The van der Waals surface area contributed by atoms with E-state index in [9.17, 15) is 0 Å². The molecule has 3 nitrogen and oxygen atoms in total. The van der Waals surface area contributed by atoms with Gasteiger partial charge in [-0.25, -0.2) is 9.97 Å². The van der Waals surface area contributed by atoms with Crippen molar-refractivity contribution in [2.24, 2.45) is 11.8 Å². The molecule has 1 heterocycles. The largest absolute Gasteiger partial charge is 0.414 e. The van der Waals surface area contributed by atoms with Crippen LogP contribution in [-0.4, -0.2) is 24.4 Å². The van der Waals surface area contributed by atoms with Gasteiger partial charge in [-0.15, -0.1) is 6.58 Å². The molecule has 0 amide bonds. The second kappa shape index (κ2) is 7.26. The fraction of sp³-hybridized carbons (Fsp3) is 0.684. The highest BCUT2D eigenvalue weighted by Crippen LogP contribution is 2.43. The van der Waals surface area contributed by atoms with Crippen LogP contribution >= 0.6 is 0 Å². The summed E-state index contributed by atoms with van der Waals surface area (Å²) in [6.45, 7) is 15.6. The Labute approximate surface area is 142 Å². The van der Waals surface area contributed by atoms with Crippen LogP contribution in [0.2, 0.25) is 18.1 Å². The SMILES string of the molecule is C=CC[C@H]1C[C@H](O[Si](C)(C)C(C)(C)C)C[C@@H]1Cc1ncccn1. The summed E-state index contributed by atoms with van der Waals surface area (Å²) in [5, 5.41) is 0.265. The zero-order valence-electron chi connectivity index (χ0n) is 15.4. The second-order valence-corrected chi connectivity index (χ2v) is 13.1. The Morgan fingerprint density at radius 2 is 1.83 bits per heavy atom. The molecule has 0 unspecified atom stereocenters. The van der Waals surface area contributed by atoms with Gasteiger partial charge in [-0.2, -0.15) is 0 Å². The van der Waals surface area contributed by atoms with Crippen molar-refractivity contribution in [3.8, 4) is 0 Å². The highest BCUT2D eigenvalue weighted by atomic mass is 28.4. The molecule has 2 rings (SSSR count). The van der Waals surface area contributed by atoms with E-state index in [1.165, 1.54) is 0 Å². The van der Waals surface area contributed by atoms with Gasteiger partial charge in [0, 0.05) is 24.9 Å². The number of allylic oxidation sites excluding steroid dienone is 1. The Kier molecular flexibility index (Phi) is 5.79. The fourth-order valence-corrected chi connectivity index (χ4v) is 4.65. The third-order valence-corrected chi connectivity index (χ3v) is 10.1. The third-order valence-electron chi connectivity index (χ3n) is 5.60. The summed E-state index contributed by atoms with van der Waals surface area (Å²) in [7, 11) is -1.70. The molecule has 1 saturated carbocycles. The highest BCUT2D eigenvalue weighted by Gasteiger charge is 2.42. The number of aromatic nitrogens is 2. The predicted octanol–water partition coefficient (Wildman–Crippen LogP) is 5.01. The minimum absolute atomic E-state index is 0.265. The topological polar surface area (TPSA) is 35.0 Å². The summed E-state index contributed by atoms with van der Waals surface area (Å²) in [5.41, 5.74) is 0. The Balaban J connectivity index is 2.04. The van der Waals surface area contributed by atoms with Gasteiger partial charge in [0.1, 0.15) is 5.82 Å². The van der Waals surface area contributed by atoms with Crippen molar-refractivity contribution in [3.63, 3.8) is 0 Å². The first-order valence-corrected chi connectivity index (χ1v) is 11.7. The molecule has 1 aromatic rings. The Morgan fingerprint density at radius 1 is 1.22 bits per heavy atom. The number of rotatable bonds is 6. The minimum atomic E-state index is -1.70. The van der Waals surface area contributed by atoms with Crippen molar-refractivity contribution in [2.45, 2.75) is 70.7 Å². The molecule has 0 saturated heterocycles. The van der Waals surface area contributed by atoms with Gasteiger partial charge >= 0.3 is 0 Å². The average molecular weight is 333 g/mol. The van der Waals surface area contributed by atoms with Crippen LogP contribution in [0.25, 0.3) is 0 Å². The van der Waals surface area contributed by atoms with Crippen molar-refractivity contribution in [2.75, 3.05) is 0 Å². The summed E-state index contributed by atoms with van der Waals surface area (Å²) < 4.78 is 6.67. The highest BCUT2D eigenvalue weighted by molar-refractivity contribution is 6.74. The van der Waals surface area contributed by atoms with E-state index in [1.807, 2.05) is 18.5 Å². The monoisotopic (exact) mass is 332 g/mol. The maximum Gasteiger partial charge on any atom is 0.192 e. The quantitative estimate of drug-likeness (QED) is 0.542. The lowest BCUT2D eigenvalue weighted by Gasteiger charge is -2.38. The van der Waals surface area contributed by atoms with Crippen molar-refractivity contribution >= 4 is 8.32 Å². The molecule has 1 aliphatic rings. The molecule has 128 valence electrons. The molecule has 0 aliphatic heterocycles. The summed E-state index contributed by atoms with van der Waals surface area (Å²) in [4.78, 5) is 8.81. The van der Waals surface area contributed by atoms with E-state index >= 15 is 0 Å². The van der Waals surface area contributed by atoms with Gasteiger partial charge in [0.15, 0.2) is 8.32 Å². The van der Waals surface area contributed by atoms with Crippen LogP contribution < -0.4 is 0 Å². The normalized spacial score (nSPS) is 25.5. The molecule has 3 atom stereocenters. The van der Waals surface area contributed by atoms with E-state index in [-0.39, 0.29) is 5.04 Å². The van der Waals surface area contributed by atoms with Crippen molar-refractivity contribution < 1.29 is 4.43 Å². The van der Waals surface area contributed by atoms with Gasteiger partial charge in [0.05, 0.1) is 0 Å². The first kappa shape index (κ1) is 18.3. The lowest BCUT2D eigenvalue weighted by molar-refractivity contribution is 0.180. The molecule has 1 aromatic heterocycles. The van der Waals surface area contributed by atoms with E-state index in [4.69, 9.17) is 4.43 Å². The van der Waals surface area contributed by atoms with Crippen LogP contribution in [-0.2, 0) is 10.8 Å². The predicted molar refractivity (Wildman–Crippen MR) is 98.8 cm³/mol. The first-order chi connectivity index (χ1) is 10.7. The summed E-state index contributed by atoms with van der Waals surface area (Å²) >= 11 is 0. The van der Waals surface area contributed by atoms with Gasteiger partial charge in [0.2, 0.25) is 0 Å². The molecular formula is C19H32N2OSi. The Bertz CT molecular complexity index is 510. The van der Waals surface area contributed by atoms with E-state index in [0.29, 0.717) is 17.9 Å². The lowest BCUT2D eigenvalue weighted by atomic mass is 9.90. The van der Waals surface area contributed by atoms with Crippen LogP contribution in [0.4, 0.5) is 0 Å². The summed E-state index contributed by atoms with van der Waals surface area (Å²) in [6, 6.07) is 1.88. The molecule has 0 radical (unpaired) electrons. The van der Waals surface area contributed by atoms with Crippen molar-refractivity contribution in [1.82, 2.24) is 9.97 Å². The Morgan fingerprint density at radius 3 is 2.39 bits per heavy atom. The zero-order chi connectivity index (χ0) is 17.1. The van der Waals surface area contributed by atoms with Crippen LogP contribution in [0.15, 0.2) is 31.1 Å². The standard InChI is InChI=1S/C19H32N2OSi/c1-7-9-15-12-17(22-23(5,6)19(2,3)4)13-16(15)14-18-20-10-8-11-21-18/h7-8,10-11,15-17H,1,9,12-14H2,2-6H3/t15-,16+,17-/m0/s1. The van der Waals surface area contributed by atoms with E-state index in [0.717, 1.165) is 31.5 Å². The molecule has 23 heavy (non-hydrogen) atoms. The van der Waals surface area contributed by atoms with E-state index in [1.54, 1.807) is 0 Å². The molecule has 0 spiro atoms. The van der Waals surface area contributed by atoms with Crippen molar-refractivity contribution in [1.29, 1.82) is 0 Å². The van der Waals surface area contributed by atoms with Crippen molar-refractivity contribution in [3.05, 3.63) is 36.9 Å². The summed E-state index contributed by atoms with van der Waals surface area (Å²) in [5.74, 6) is 2.20.